The van der Waals surface area contributed by atoms with Gasteiger partial charge >= 0.3 is 0 Å². The zero-order valence-corrected chi connectivity index (χ0v) is 21.9. The summed E-state index contributed by atoms with van der Waals surface area (Å²) in [6, 6.07) is 18.3. The fraction of sp³-hybridized carbons (Fsp3) is 0.393. The Balaban J connectivity index is 1.31. The molecule has 36 heavy (non-hydrogen) atoms. The van der Waals surface area contributed by atoms with Crippen LogP contribution in [0.1, 0.15) is 50.9 Å². The van der Waals surface area contributed by atoms with E-state index in [2.05, 4.69) is 24.4 Å². The first-order valence-corrected chi connectivity index (χ1v) is 14.3. The summed E-state index contributed by atoms with van der Waals surface area (Å²) in [7, 11) is 0. The number of hydrogen-bond donors (Lipinski definition) is 4. The molecule has 1 saturated carbocycles. The Kier molecular flexibility index (Phi) is 7.53. The number of amides is 1. The average Bonchev–Trinajstić information content (AvgIpc) is 3.58. The summed E-state index contributed by atoms with van der Waals surface area (Å²) >= 11 is 3.03. The maximum Gasteiger partial charge on any atom is 0.251 e. The van der Waals surface area contributed by atoms with Crippen molar-refractivity contribution in [2.24, 2.45) is 0 Å². The van der Waals surface area contributed by atoms with Crippen LogP contribution in [0.15, 0.2) is 54.6 Å². The Bertz CT molecular complexity index is 1220. The second-order valence-electron chi connectivity index (χ2n) is 9.59. The van der Waals surface area contributed by atoms with Crippen molar-refractivity contribution in [2.75, 3.05) is 6.26 Å². The van der Waals surface area contributed by atoms with E-state index in [-0.39, 0.29) is 5.91 Å². The van der Waals surface area contributed by atoms with E-state index < -0.39 is 29.9 Å². The number of thiophene rings is 1. The van der Waals surface area contributed by atoms with Crippen LogP contribution in [-0.2, 0) is 11.2 Å². The summed E-state index contributed by atoms with van der Waals surface area (Å²) < 4.78 is 5.95. The van der Waals surface area contributed by atoms with E-state index >= 15 is 0 Å². The number of benzene rings is 2. The van der Waals surface area contributed by atoms with E-state index in [0.717, 1.165) is 46.4 Å². The van der Waals surface area contributed by atoms with Crippen LogP contribution in [0.25, 0.3) is 10.4 Å². The number of nitrogens with one attached hydrogen (secondary N) is 1. The minimum atomic E-state index is -1.27. The minimum absolute atomic E-state index is 0.00998. The number of carbonyl (C=O) groups is 1. The van der Waals surface area contributed by atoms with Crippen molar-refractivity contribution < 1.29 is 24.9 Å². The highest BCUT2D eigenvalue weighted by Crippen LogP contribution is 2.37. The van der Waals surface area contributed by atoms with Gasteiger partial charge in [0, 0.05) is 27.8 Å². The van der Waals surface area contributed by atoms with Crippen LogP contribution in [0.5, 0.6) is 0 Å². The predicted octanol–water partition coefficient (Wildman–Crippen LogP) is 4.05. The molecule has 4 N–H and O–H groups in total. The summed E-state index contributed by atoms with van der Waals surface area (Å²) in [6.07, 6.45) is 0.354. The van der Waals surface area contributed by atoms with Gasteiger partial charge in [-0.15, -0.1) is 23.1 Å². The molecule has 190 valence electrons. The van der Waals surface area contributed by atoms with Gasteiger partial charge in [-0.3, -0.25) is 4.79 Å². The Hall–Kier alpha value is -2.20. The number of hydrogen-bond acceptors (Lipinski definition) is 7. The smallest absolute Gasteiger partial charge is 0.251 e. The van der Waals surface area contributed by atoms with Crippen LogP contribution in [0.4, 0.5) is 0 Å². The number of aryl methyl sites for hydroxylation is 1. The molecule has 8 heteroatoms. The molecule has 1 aliphatic heterocycles. The molecule has 2 heterocycles. The Morgan fingerprint density at radius 2 is 1.78 bits per heavy atom. The minimum Gasteiger partial charge on any atom is -0.387 e. The third-order valence-electron chi connectivity index (χ3n) is 6.87. The molecule has 0 spiro atoms. The maximum atomic E-state index is 12.3. The van der Waals surface area contributed by atoms with E-state index in [1.807, 2.05) is 42.5 Å². The number of thioether (sulfide) groups is 1. The van der Waals surface area contributed by atoms with E-state index in [0.29, 0.717) is 11.6 Å². The molecule has 2 fully saturated rings. The number of carbonyl (C=O) groups excluding carboxylic acids is 1. The van der Waals surface area contributed by atoms with Gasteiger partial charge in [-0.05, 0) is 72.5 Å². The molecule has 1 amide bonds. The van der Waals surface area contributed by atoms with Gasteiger partial charge in [0.05, 0.1) is 0 Å². The lowest BCUT2D eigenvalue weighted by Crippen LogP contribution is -2.52. The van der Waals surface area contributed by atoms with Crippen LogP contribution >= 0.6 is 23.1 Å². The van der Waals surface area contributed by atoms with E-state index in [4.69, 9.17) is 4.74 Å². The van der Waals surface area contributed by atoms with Crippen LogP contribution < -0.4 is 5.32 Å². The molecule has 5 unspecified atom stereocenters. The second kappa shape index (κ2) is 10.7. The molecule has 3 aromatic rings. The van der Waals surface area contributed by atoms with Gasteiger partial charge in [0.2, 0.25) is 0 Å². The number of aliphatic hydroxyl groups is 3. The monoisotopic (exact) mass is 525 g/mol. The molecule has 6 nitrogen and oxygen atoms in total. The lowest BCUT2D eigenvalue weighted by atomic mass is 9.92. The highest BCUT2D eigenvalue weighted by Gasteiger charge is 2.44. The number of aliphatic hydroxyl groups excluding tert-OH is 3. The fourth-order valence-corrected chi connectivity index (χ4v) is 6.18. The van der Waals surface area contributed by atoms with E-state index in [9.17, 15) is 20.1 Å². The van der Waals surface area contributed by atoms with Gasteiger partial charge < -0.3 is 25.4 Å². The summed E-state index contributed by atoms with van der Waals surface area (Å²) in [5, 5.41) is 34.1. The van der Waals surface area contributed by atoms with Gasteiger partial charge in [-0.2, -0.15) is 0 Å². The lowest BCUT2D eigenvalue weighted by Gasteiger charge is -2.40. The third kappa shape index (κ3) is 5.39. The molecule has 0 radical (unpaired) electrons. The van der Waals surface area contributed by atoms with Gasteiger partial charge in [0.25, 0.3) is 5.91 Å². The predicted molar refractivity (Wildman–Crippen MR) is 143 cm³/mol. The SMILES string of the molecule is CSC1OC(c2ccc(C)c(Cc3ccc(-c4ccc(C(=O)NC5CC5)cc4)s3)c2)C(O)C(O)C1O. The van der Waals surface area contributed by atoms with Crippen molar-refractivity contribution in [1.29, 1.82) is 0 Å². The zero-order chi connectivity index (χ0) is 25.4. The van der Waals surface area contributed by atoms with Gasteiger partial charge in [0.1, 0.15) is 29.9 Å². The van der Waals surface area contributed by atoms with E-state index in [1.165, 1.54) is 16.6 Å². The molecule has 5 rings (SSSR count). The zero-order valence-electron chi connectivity index (χ0n) is 20.3. The quantitative estimate of drug-likeness (QED) is 0.372. The van der Waals surface area contributed by atoms with Crippen molar-refractivity contribution in [3.63, 3.8) is 0 Å². The summed E-state index contributed by atoms with van der Waals surface area (Å²) in [4.78, 5) is 14.6. The first-order chi connectivity index (χ1) is 17.3. The van der Waals surface area contributed by atoms with E-state index in [1.54, 1.807) is 17.6 Å². The van der Waals surface area contributed by atoms with Crippen LogP contribution in [0.2, 0.25) is 0 Å². The van der Waals surface area contributed by atoms with Gasteiger partial charge in [-0.25, -0.2) is 0 Å². The molecular formula is C28H31NO5S2. The largest absolute Gasteiger partial charge is 0.387 e. The van der Waals surface area contributed by atoms with Crippen molar-refractivity contribution in [1.82, 2.24) is 5.32 Å². The molecule has 2 aromatic carbocycles. The summed E-state index contributed by atoms with van der Waals surface area (Å²) in [5.74, 6) is -0.00998. The van der Waals surface area contributed by atoms with Crippen molar-refractivity contribution in [2.45, 2.75) is 62.1 Å². The van der Waals surface area contributed by atoms with Crippen LogP contribution in [-0.4, -0.2) is 57.3 Å². The third-order valence-corrected chi connectivity index (χ3v) is 8.86. The first-order valence-electron chi connectivity index (χ1n) is 12.2. The molecule has 1 aromatic heterocycles. The van der Waals surface area contributed by atoms with Crippen LogP contribution in [0.3, 0.4) is 0 Å². The highest BCUT2D eigenvalue weighted by molar-refractivity contribution is 7.99. The summed E-state index contributed by atoms with van der Waals surface area (Å²) in [6.45, 7) is 2.06. The standard InChI is InChI=1S/C28H31NO5S2/c1-15-3-4-18(26-24(31)23(30)25(32)28(34-26)35-2)13-19(15)14-21-11-12-22(36-21)16-5-7-17(8-6-16)27(33)29-20-9-10-20/h3-8,11-13,20,23-26,28,30-32H,9-10,14H2,1-2H3,(H,29,33). The second-order valence-corrected chi connectivity index (χ2v) is 11.7. The first kappa shape index (κ1) is 25.4. The molecule has 5 atom stereocenters. The molecule has 1 saturated heterocycles. The fourth-order valence-electron chi connectivity index (χ4n) is 4.48. The summed E-state index contributed by atoms with van der Waals surface area (Å²) in [5.41, 5.74) is 4.18. The molecule has 1 aliphatic carbocycles. The normalized spacial score (nSPS) is 26.1. The Morgan fingerprint density at radius 3 is 2.47 bits per heavy atom. The molecular weight excluding hydrogens is 494 g/mol. The van der Waals surface area contributed by atoms with Crippen LogP contribution in [0, 0.1) is 6.92 Å². The Labute approximate surface area is 219 Å². The Morgan fingerprint density at radius 1 is 1.03 bits per heavy atom. The molecule has 0 bridgehead atoms. The van der Waals surface area contributed by atoms with Crippen molar-refractivity contribution in [3.8, 4) is 10.4 Å². The van der Waals surface area contributed by atoms with Gasteiger partial charge in [-0.1, -0.05) is 30.3 Å². The number of ether oxygens (including phenoxy) is 1. The lowest BCUT2D eigenvalue weighted by molar-refractivity contribution is -0.200. The van der Waals surface area contributed by atoms with Gasteiger partial charge in [0.15, 0.2) is 0 Å². The molecule has 2 aliphatic rings. The topological polar surface area (TPSA) is 99.0 Å². The van der Waals surface area contributed by atoms with Crippen molar-refractivity contribution in [3.05, 3.63) is 81.7 Å². The maximum absolute atomic E-state index is 12.3. The average molecular weight is 526 g/mol. The van der Waals surface area contributed by atoms with Crippen molar-refractivity contribution >= 4 is 29.0 Å². The number of rotatable bonds is 7. The highest BCUT2D eigenvalue weighted by atomic mass is 32.2.